The maximum absolute atomic E-state index is 13.1. The standard InChI is InChI=1S/C25H24N2O3S/c28-22(26-17-6-1-2-7-17)15-30-25(29)23-19-9-3-4-10-21(19)27-24-16(11-12-20(23)24)14-18-8-5-13-31-18/h3-5,8-10,13-14,17H,1-2,6-7,11-12,15H2,(H,26,28). The molecule has 1 aromatic carbocycles. The van der Waals surface area contributed by atoms with Crippen molar-refractivity contribution in [2.24, 2.45) is 0 Å². The number of nitrogens with zero attached hydrogens (tertiary/aromatic N) is 1. The van der Waals surface area contributed by atoms with Crippen molar-refractivity contribution in [1.82, 2.24) is 10.3 Å². The lowest BCUT2D eigenvalue weighted by molar-refractivity contribution is -0.124. The van der Waals surface area contributed by atoms with Gasteiger partial charge in [0.15, 0.2) is 6.61 Å². The lowest BCUT2D eigenvalue weighted by atomic mass is 10.0. The summed E-state index contributed by atoms with van der Waals surface area (Å²) >= 11 is 1.68. The summed E-state index contributed by atoms with van der Waals surface area (Å²) in [6.07, 6.45) is 8.01. The molecule has 0 spiro atoms. The van der Waals surface area contributed by atoms with E-state index in [0.29, 0.717) is 5.56 Å². The molecule has 2 heterocycles. The van der Waals surface area contributed by atoms with Gasteiger partial charge in [0.05, 0.1) is 16.8 Å². The molecule has 0 radical (unpaired) electrons. The van der Waals surface area contributed by atoms with Crippen LogP contribution in [0.2, 0.25) is 0 Å². The Hall–Kier alpha value is -2.99. The fourth-order valence-electron chi connectivity index (χ4n) is 4.60. The number of rotatable bonds is 5. The average molecular weight is 433 g/mol. The molecule has 3 aromatic rings. The van der Waals surface area contributed by atoms with Gasteiger partial charge in [-0.3, -0.25) is 4.79 Å². The number of para-hydroxylation sites is 1. The number of pyridine rings is 1. The Morgan fingerprint density at radius 1 is 1.13 bits per heavy atom. The molecular formula is C25H24N2O3S. The molecule has 158 valence electrons. The van der Waals surface area contributed by atoms with E-state index >= 15 is 0 Å². The second-order valence-corrected chi connectivity index (χ2v) is 9.12. The van der Waals surface area contributed by atoms with Gasteiger partial charge in [-0.05, 0) is 60.4 Å². The van der Waals surface area contributed by atoms with Gasteiger partial charge < -0.3 is 10.1 Å². The highest BCUT2D eigenvalue weighted by Gasteiger charge is 2.28. The molecule has 1 saturated carbocycles. The Balaban J connectivity index is 1.44. The van der Waals surface area contributed by atoms with E-state index in [-0.39, 0.29) is 18.6 Å². The number of thiophene rings is 1. The van der Waals surface area contributed by atoms with Gasteiger partial charge >= 0.3 is 5.97 Å². The van der Waals surface area contributed by atoms with Gasteiger partial charge in [0.25, 0.3) is 5.91 Å². The van der Waals surface area contributed by atoms with Crippen LogP contribution >= 0.6 is 11.3 Å². The van der Waals surface area contributed by atoms with Gasteiger partial charge in [-0.2, -0.15) is 0 Å². The van der Waals surface area contributed by atoms with E-state index in [0.717, 1.165) is 66.3 Å². The predicted octanol–water partition coefficient (Wildman–Crippen LogP) is 5.00. The maximum atomic E-state index is 13.1. The topological polar surface area (TPSA) is 68.3 Å². The van der Waals surface area contributed by atoms with Crippen LogP contribution < -0.4 is 5.32 Å². The lowest BCUT2D eigenvalue weighted by Gasteiger charge is -2.14. The van der Waals surface area contributed by atoms with Crippen molar-refractivity contribution in [3.05, 3.63) is 63.5 Å². The van der Waals surface area contributed by atoms with Crippen LogP contribution in [0.1, 0.15) is 58.6 Å². The van der Waals surface area contributed by atoms with Crippen LogP contribution in [0.4, 0.5) is 0 Å². The highest BCUT2D eigenvalue weighted by atomic mass is 32.1. The Morgan fingerprint density at radius 2 is 1.97 bits per heavy atom. The molecule has 0 aliphatic heterocycles. The first-order valence-electron chi connectivity index (χ1n) is 10.8. The first-order chi connectivity index (χ1) is 15.2. The average Bonchev–Trinajstić information content (AvgIpc) is 3.54. The zero-order valence-corrected chi connectivity index (χ0v) is 18.0. The summed E-state index contributed by atoms with van der Waals surface area (Å²) in [6.45, 7) is -0.251. The van der Waals surface area contributed by atoms with Crippen molar-refractivity contribution in [3.8, 4) is 0 Å². The van der Waals surface area contributed by atoms with Gasteiger partial charge in [0.2, 0.25) is 0 Å². The molecule has 5 nitrogen and oxygen atoms in total. The molecule has 1 fully saturated rings. The second-order valence-electron chi connectivity index (χ2n) is 8.14. The van der Waals surface area contributed by atoms with Crippen LogP contribution in [0, 0.1) is 0 Å². The first-order valence-corrected chi connectivity index (χ1v) is 11.7. The summed E-state index contributed by atoms with van der Waals surface area (Å²) in [4.78, 5) is 31.4. The number of hydrogen-bond donors (Lipinski definition) is 1. The van der Waals surface area contributed by atoms with Crippen molar-refractivity contribution < 1.29 is 14.3 Å². The zero-order valence-electron chi connectivity index (χ0n) is 17.2. The SMILES string of the molecule is O=C(COC(=O)c1c2c(nc3ccccc13)C(=Cc1cccs1)CC2)NC1CCCC1. The van der Waals surface area contributed by atoms with Crippen molar-refractivity contribution in [3.63, 3.8) is 0 Å². The van der Waals surface area contributed by atoms with E-state index in [9.17, 15) is 9.59 Å². The molecule has 1 N–H and O–H groups in total. The van der Waals surface area contributed by atoms with Gasteiger partial charge in [0.1, 0.15) is 0 Å². The van der Waals surface area contributed by atoms with Gasteiger partial charge in [-0.1, -0.05) is 37.1 Å². The van der Waals surface area contributed by atoms with Crippen molar-refractivity contribution in [1.29, 1.82) is 0 Å². The molecule has 0 bridgehead atoms. The summed E-state index contributed by atoms with van der Waals surface area (Å²) in [5.41, 5.74) is 4.24. The molecular weight excluding hydrogens is 408 g/mol. The molecule has 2 aromatic heterocycles. The Kier molecular flexibility index (Phi) is 5.55. The molecule has 31 heavy (non-hydrogen) atoms. The number of aromatic nitrogens is 1. The van der Waals surface area contributed by atoms with E-state index in [1.807, 2.05) is 30.3 Å². The number of carbonyl (C=O) groups is 2. The Bertz CT molecular complexity index is 1160. The third kappa shape index (κ3) is 4.12. The Labute approximate surface area is 185 Å². The molecule has 0 saturated heterocycles. The monoisotopic (exact) mass is 432 g/mol. The molecule has 0 atom stereocenters. The van der Waals surface area contributed by atoms with Crippen LogP contribution in [-0.2, 0) is 16.0 Å². The minimum atomic E-state index is -0.450. The fraction of sp³-hybridized carbons (Fsp3) is 0.320. The second kappa shape index (κ2) is 8.63. The largest absolute Gasteiger partial charge is 0.452 e. The molecule has 2 aliphatic carbocycles. The van der Waals surface area contributed by atoms with Gasteiger partial charge in [-0.15, -0.1) is 11.3 Å². The zero-order chi connectivity index (χ0) is 21.2. The number of nitrogens with one attached hydrogen (secondary N) is 1. The van der Waals surface area contributed by atoms with Crippen molar-refractivity contribution >= 4 is 45.8 Å². The summed E-state index contributed by atoms with van der Waals surface area (Å²) in [7, 11) is 0. The number of esters is 1. The number of carbonyl (C=O) groups excluding carboxylic acids is 2. The normalized spacial score (nSPS) is 17.2. The van der Waals surface area contributed by atoms with Crippen LogP contribution in [0.25, 0.3) is 22.6 Å². The molecule has 1 amide bonds. The van der Waals surface area contributed by atoms with Crippen molar-refractivity contribution in [2.45, 2.75) is 44.6 Å². The lowest BCUT2D eigenvalue weighted by Crippen LogP contribution is -2.36. The van der Waals surface area contributed by atoms with E-state index in [4.69, 9.17) is 9.72 Å². The van der Waals surface area contributed by atoms with Crippen LogP contribution in [0.3, 0.4) is 0 Å². The van der Waals surface area contributed by atoms with E-state index < -0.39 is 5.97 Å². The minimum Gasteiger partial charge on any atom is -0.452 e. The smallest absolute Gasteiger partial charge is 0.339 e. The number of benzene rings is 1. The molecule has 6 heteroatoms. The fourth-order valence-corrected chi connectivity index (χ4v) is 5.28. The van der Waals surface area contributed by atoms with Gasteiger partial charge in [0, 0.05) is 16.3 Å². The quantitative estimate of drug-likeness (QED) is 0.576. The summed E-state index contributed by atoms with van der Waals surface area (Å²) < 4.78 is 5.48. The predicted molar refractivity (Wildman–Crippen MR) is 123 cm³/mol. The van der Waals surface area contributed by atoms with E-state index in [2.05, 4.69) is 22.8 Å². The summed E-state index contributed by atoms with van der Waals surface area (Å²) in [5, 5.41) is 5.80. The molecule has 5 rings (SSSR count). The number of hydrogen-bond acceptors (Lipinski definition) is 5. The third-order valence-corrected chi connectivity index (χ3v) is 6.88. The number of ether oxygens (including phenoxy) is 1. The first kappa shape index (κ1) is 19.9. The maximum Gasteiger partial charge on any atom is 0.339 e. The summed E-state index contributed by atoms with van der Waals surface area (Å²) in [6, 6.07) is 12.0. The number of allylic oxidation sites excluding steroid dienone is 1. The molecule has 2 aliphatic rings. The third-order valence-electron chi connectivity index (χ3n) is 6.06. The van der Waals surface area contributed by atoms with E-state index in [1.165, 1.54) is 4.88 Å². The summed E-state index contributed by atoms with van der Waals surface area (Å²) in [5.74, 6) is -0.678. The van der Waals surface area contributed by atoms with Gasteiger partial charge in [-0.25, -0.2) is 9.78 Å². The minimum absolute atomic E-state index is 0.210. The number of amides is 1. The molecule has 0 unspecified atom stereocenters. The highest BCUT2D eigenvalue weighted by molar-refractivity contribution is 7.10. The van der Waals surface area contributed by atoms with E-state index in [1.54, 1.807) is 11.3 Å². The van der Waals surface area contributed by atoms with Crippen LogP contribution in [0.5, 0.6) is 0 Å². The van der Waals surface area contributed by atoms with Crippen LogP contribution in [-0.4, -0.2) is 29.5 Å². The van der Waals surface area contributed by atoms with Crippen LogP contribution in [0.15, 0.2) is 41.8 Å². The number of fused-ring (bicyclic) bond motifs is 2. The Morgan fingerprint density at radius 3 is 2.77 bits per heavy atom. The highest BCUT2D eigenvalue weighted by Crippen LogP contribution is 2.38. The van der Waals surface area contributed by atoms with Crippen molar-refractivity contribution in [2.75, 3.05) is 6.61 Å².